The molecule has 136 valence electrons. The van der Waals surface area contributed by atoms with Crippen molar-refractivity contribution in [2.24, 2.45) is 11.0 Å². The summed E-state index contributed by atoms with van der Waals surface area (Å²) in [5.41, 5.74) is 1.18. The van der Waals surface area contributed by atoms with E-state index in [1.165, 1.54) is 17.2 Å². The average molecular weight is 345 g/mol. The molecule has 1 aromatic rings. The van der Waals surface area contributed by atoms with Crippen LogP contribution in [-0.2, 0) is 6.42 Å². The van der Waals surface area contributed by atoms with Crippen molar-refractivity contribution in [1.29, 1.82) is 0 Å². The third kappa shape index (κ3) is 5.10. The van der Waals surface area contributed by atoms with Crippen molar-refractivity contribution in [3.8, 4) is 0 Å². The van der Waals surface area contributed by atoms with E-state index in [1.807, 2.05) is 0 Å². The molecule has 1 aliphatic heterocycles. The summed E-state index contributed by atoms with van der Waals surface area (Å²) in [5.74, 6) is 0.0931. The molecule has 0 spiro atoms. The number of benzene rings is 1. The molecule has 0 radical (unpaired) electrons. The van der Waals surface area contributed by atoms with Crippen molar-refractivity contribution in [2.45, 2.75) is 70.9 Å². The largest absolute Gasteiger partial charge is 0.313 e. The van der Waals surface area contributed by atoms with E-state index in [1.54, 1.807) is 12.1 Å². The van der Waals surface area contributed by atoms with Crippen LogP contribution in [0.3, 0.4) is 0 Å². The van der Waals surface area contributed by atoms with Gasteiger partial charge in [0.25, 0.3) is 0 Å². The monoisotopic (exact) mass is 345 g/mol. The number of halogens is 1. The lowest BCUT2D eigenvalue weighted by molar-refractivity contribution is -0.221. The second kappa shape index (κ2) is 7.63. The number of hydrogen-bond donors (Lipinski definition) is 1. The number of nitrogens with zero attached hydrogens (tertiary/aromatic N) is 3. The lowest BCUT2D eigenvalue weighted by Crippen LogP contribution is -2.52. The first-order valence-electron chi connectivity index (χ1n) is 8.80. The first-order chi connectivity index (χ1) is 11.6. The van der Waals surface area contributed by atoms with Gasteiger partial charge in [0.2, 0.25) is 0 Å². The highest BCUT2D eigenvalue weighted by atomic mass is 19.1. The molecule has 5 heteroatoms. The second-order valence-electron chi connectivity index (χ2n) is 8.32. The molecule has 1 atom stereocenters. The third-order valence-corrected chi connectivity index (χ3v) is 5.14. The molecule has 1 fully saturated rings. The third-order valence-electron chi connectivity index (χ3n) is 5.14. The van der Waals surface area contributed by atoms with Crippen LogP contribution in [0.5, 0.6) is 0 Å². The Bertz CT molecular complexity index is 659. The molecular weight excluding hydrogens is 317 g/mol. The Morgan fingerprint density at radius 3 is 2.52 bits per heavy atom. The number of hydrogen-bond acceptors (Lipinski definition) is 3. The quantitative estimate of drug-likeness (QED) is 0.469. The van der Waals surface area contributed by atoms with E-state index >= 15 is 0 Å². The lowest BCUT2D eigenvalue weighted by atomic mass is 9.85. The molecule has 1 saturated heterocycles. The molecule has 0 bridgehead atoms. The van der Waals surface area contributed by atoms with Gasteiger partial charge < -0.3 is 5.21 Å². The van der Waals surface area contributed by atoms with Crippen molar-refractivity contribution in [3.05, 3.63) is 47.2 Å². The SMILES string of the molecule is [C-]#[N+]/N=C(\Cc1ccc(F)cc1)CC1CCC(C)(C)N(O)C(C)(C)C1. The van der Waals surface area contributed by atoms with Gasteiger partial charge in [-0.1, -0.05) is 12.1 Å². The van der Waals surface area contributed by atoms with Gasteiger partial charge in [-0.05, 0) is 77.0 Å². The van der Waals surface area contributed by atoms with Gasteiger partial charge in [-0.25, -0.2) is 4.39 Å². The fourth-order valence-electron chi connectivity index (χ4n) is 3.94. The van der Waals surface area contributed by atoms with Crippen LogP contribution in [0, 0.1) is 18.3 Å². The van der Waals surface area contributed by atoms with E-state index in [-0.39, 0.29) is 16.9 Å². The van der Waals surface area contributed by atoms with Gasteiger partial charge >= 0.3 is 0 Å². The minimum atomic E-state index is -0.330. The van der Waals surface area contributed by atoms with Crippen LogP contribution in [0.2, 0.25) is 0 Å². The maximum atomic E-state index is 13.1. The summed E-state index contributed by atoms with van der Waals surface area (Å²) in [6, 6.07) is 6.35. The van der Waals surface area contributed by atoms with E-state index in [2.05, 4.69) is 37.8 Å². The Labute approximate surface area is 150 Å². The summed E-state index contributed by atoms with van der Waals surface area (Å²) in [6.07, 6.45) is 4.00. The van der Waals surface area contributed by atoms with Crippen LogP contribution in [-0.4, -0.2) is 27.1 Å². The van der Waals surface area contributed by atoms with Gasteiger partial charge in [-0.3, -0.25) is 0 Å². The Morgan fingerprint density at radius 2 is 1.92 bits per heavy atom. The van der Waals surface area contributed by atoms with E-state index in [0.29, 0.717) is 12.3 Å². The van der Waals surface area contributed by atoms with E-state index < -0.39 is 0 Å². The molecule has 0 aliphatic carbocycles. The predicted octanol–water partition coefficient (Wildman–Crippen LogP) is 5.08. The molecular formula is C20H28FN3O. The molecule has 1 aromatic carbocycles. The van der Waals surface area contributed by atoms with E-state index in [9.17, 15) is 9.60 Å². The highest BCUT2D eigenvalue weighted by molar-refractivity contribution is 5.87. The number of hydroxylamine groups is 2. The maximum absolute atomic E-state index is 13.1. The van der Waals surface area contributed by atoms with Gasteiger partial charge in [-0.2, -0.15) is 11.6 Å². The first kappa shape index (κ1) is 19.6. The Hall–Kier alpha value is -1.77. The molecule has 0 amide bonds. The Morgan fingerprint density at radius 1 is 1.28 bits per heavy atom. The van der Waals surface area contributed by atoms with Gasteiger partial charge in [0.05, 0.1) is 5.10 Å². The molecule has 1 unspecified atom stereocenters. The van der Waals surface area contributed by atoms with Gasteiger partial charge in [0.1, 0.15) is 11.5 Å². The molecule has 0 saturated carbocycles. The highest BCUT2D eigenvalue weighted by Crippen LogP contribution is 2.39. The zero-order valence-electron chi connectivity index (χ0n) is 15.6. The summed E-state index contributed by atoms with van der Waals surface area (Å²) in [7, 11) is 0. The molecule has 25 heavy (non-hydrogen) atoms. The number of rotatable bonds is 4. The smallest absolute Gasteiger partial charge is 0.123 e. The second-order valence-corrected chi connectivity index (χ2v) is 8.32. The fourth-order valence-corrected chi connectivity index (χ4v) is 3.94. The molecule has 1 aliphatic rings. The summed E-state index contributed by atoms with van der Waals surface area (Å²) in [5, 5.41) is 16.1. The maximum Gasteiger partial charge on any atom is 0.123 e. The summed E-state index contributed by atoms with van der Waals surface area (Å²) >= 11 is 0. The van der Waals surface area contributed by atoms with Crippen LogP contribution in [0.25, 0.3) is 4.95 Å². The van der Waals surface area contributed by atoms with Crippen LogP contribution >= 0.6 is 0 Å². The topological polar surface area (TPSA) is 40.2 Å². The van der Waals surface area contributed by atoms with Crippen molar-refractivity contribution >= 4 is 5.71 Å². The minimum Gasteiger partial charge on any atom is -0.313 e. The van der Waals surface area contributed by atoms with Crippen molar-refractivity contribution < 1.29 is 9.60 Å². The lowest BCUT2D eigenvalue weighted by Gasteiger charge is -2.42. The Kier molecular flexibility index (Phi) is 5.97. The molecule has 1 N–H and O–H groups in total. The average Bonchev–Trinajstić information content (AvgIpc) is 2.60. The predicted molar refractivity (Wildman–Crippen MR) is 97.9 cm³/mol. The summed E-state index contributed by atoms with van der Waals surface area (Å²) in [6.45, 7) is 15.3. The van der Waals surface area contributed by atoms with Crippen LogP contribution in [0.4, 0.5) is 4.39 Å². The zero-order valence-corrected chi connectivity index (χ0v) is 15.6. The molecule has 0 aromatic heterocycles. The van der Waals surface area contributed by atoms with Crippen LogP contribution in [0.15, 0.2) is 29.4 Å². The van der Waals surface area contributed by atoms with Gasteiger partial charge in [0.15, 0.2) is 0 Å². The summed E-state index contributed by atoms with van der Waals surface area (Å²) in [4.78, 5) is 3.22. The molecule has 2 rings (SSSR count). The van der Waals surface area contributed by atoms with E-state index in [0.717, 1.165) is 37.0 Å². The van der Waals surface area contributed by atoms with Crippen LogP contribution < -0.4 is 0 Å². The van der Waals surface area contributed by atoms with Crippen molar-refractivity contribution in [2.75, 3.05) is 0 Å². The van der Waals surface area contributed by atoms with E-state index in [4.69, 9.17) is 6.57 Å². The summed E-state index contributed by atoms with van der Waals surface area (Å²) < 4.78 is 13.1. The van der Waals surface area contributed by atoms with Crippen molar-refractivity contribution in [1.82, 2.24) is 5.06 Å². The minimum absolute atomic E-state index is 0.261. The van der Waals surface area contributed by atoms with Crippen molar-refractivity contribution in [3.63, 3.8) is 0 Å². The Balaban J connectivity index is 2.12. The standard InChI is InChI=1S/C20H28FN3O/c1-19(2)11-10-16(14-20(3,4)24(19)25)13-18(23-22-5)12-15-6-8-17(21)9-7-15/h6-9,16,25H,10-14H2,1-4H3/b23-18+. The van der Waals surface area contributed by atoms with Crippen LogP contribution in [0.1, 0.15) is 58.9 Å². The van der Waals surface area contributed by atoms with Gasteiger partial charge in [-0.15, -0.1) is 4.95 Å². The fraction of sp³-hybridized carbons (Fsp3) is 0.600. The molecule has 4 nitrogen and oxygen atoms in total. The normalized spacial score (nSPS) is 23.7. The molecule has 1 heterocycles. The zero-order chi connectivity index (χ0) is 18.7. The first-order valence-corrected chi connectivity index (χ1v) is 8.80. The van der Waals surface area contributed by atoms with Gasteiger partial charge in [0, 0.05) is 17.5 Å². The highest BCUT2D eigenvalue weighted by Gasteiger charge is 2.42.